The molecule has 0 heterocycles. The van der Waals surface area contributed by atoms with Crippen LogP contribution in [0, 0.1) is 0 Å². The molecule has 1 aromatic rings. The monoisotopic (exact) mass is 373 g/mol. The summed E-state index contributed by atoms with van der Waals surface area (Å²) >= 11 is 6.04. The maximum Gasteiger partial charge on any atom is 0.146 e. The Morgan fingerprint density at radius 1 is 1.29 bits per heavy atom. The Hall–Kier alpha value is -0.460. The lowest BCUT2D eigenvalue weighted by Crippen LogP contribution is -2.57. The Kier molecular flexibility index (Phi) is 6.85. The van der Waals surface area contributed by atoms with E-state index in [1.165, 1.54) is 5.56 Å². The molecule has 0 amide bonds. The van der Waals surface area contributed by atoms with Crippen molar-refractivity contribution in [3.05, 3.63) is 34.9 Å². The summed E-state index contributed by atoms with van der Waals surface area (Å²) in [5, 5.41) is 0.728. The molecule has 1 aliphatic carbocycles. The molecule has 4 nitrogen and oxygen atoms in total. The van der Waals surface area contributed by atoms with Crippen molar-refractivity contribution < 1.29 is 13.7 Å². The molecule has 24 heavy (non-hydrogen) atoms. The first kappa shape index (κ1) is 19.9. The number of halogens is 1. The van der Waals surface area contributed by atoms with Crippen LogP contribution in [0.4, 0.5) is 0 Å². The van der Waals surface area contributed by atoms with E-state index >= 15 is 0 Å². The first-order chi connectivity index (χ1) is 11.3. The molecule has 0 spiro atoms. The quantitative estimate of drug-likeness (QED) is 0.557. The van der Waals surface area contributed by atoms with Crippen molar-refractivity contribution in [3.8, 4) is 0 Å². The lowest BCUT2D eigenvalue weighted by atomic mass is 9.60. The van der Waals surface area contributed by atoms with Gasteiger partial charge in [0, 0.05) is 17.5 Å². The molecule has 0 saturated heterocycles. The number of ether oxygens (including phenoxy) is 2. The van der Waals surface area contributed by atoms with E-state index in [0.29, 0.717) is 6.61 Å². The highest BCUT2D eigenvalue weighted by molar-refractivity contribution is 7.84. The Balaban J connectivity index is 2.25. The van der Waals surface area contributed by atoms with E-state index in [-0.39, 0.29) is 23.0 Å². The van der Waals surface area contributed by atoms with Crippen LogP contribution in [-0.4, -0.2) is 35.5 Å². The van der Waals surface area contributed by atoms with Gasteiger partial charge in [0.25, 0.3) is 0 Å². The average Bonchev–Trinajstić information content (AvgIpc) is 2.47. The fraction of sp³-hybridized carbons (Fsp3) is 0.667. The highest BCUT2D eigenvalue weighted by Gasteiger charge is 2.46. The van der Waals surface area contributed by atoms with Crippen LogP contribution in [0.15, 0.2) is 24.3 Å². The highest BCUT2D eigenvalue weighted by atomic mass is 35.5. The molecule has 0 unspecified atom stereocenters. The topological polar surface area (TPSA) is 47.6 Å². The molecule has 1 aromatic carbocycles. The summed E-state index contributed by atoms with van der Waals surface area (Å²) in [6, 6.07) is 7.96. The molecule has 6 heteroatoms. The SMILES string of the molecule is COCOC[C@@H](N[S@](=O)C(C)(C)C)C1(c2ccc(Cl)cc2)CCC1. The zero-order valence-electron chi connectivity index (χ0n) is 14.9. The molecule has 0 aliphatic heterocycles. The summed E-state index contributed by atoms with van der Waals surface area (Å²) in [6.45, 7) is 6.60. The van der Waals surface area contributed by atoms with E-state index in [2.05, 4.69) is 16.9 Å². The second-order valence-corrected chi connectivity index (χ2v) is 9.78. The van der Waals surface area contributed by atoms with E-state index in [4.69, 9.17) is 21.1 Å². The van der Waals surface area contributed by atoms with Crippen molar-refractivity contribution in [2.45, 2.75) is 56.2 Å². The van der Waals surface area contributed by atoms with Crippen LogP contribution in [-0.2, 0) is 25.9 Å². The Labute approximate surface area is 152 Å². The van der Waals surface area contributed by atoms with Crippen molar-refractivity contribution in [3.63, 3.8) is 0 Å². The third-order valence-corrected chi connectivity index (χ3v) is 6.49. The van der Waals surface area contributed by atoms with E-state index in [1.54, 1.807) is 7.11 Å². The Morgan fingerprint density at radius 3 is 2.38 bits per heavy atom. The van der Waals surface area contributed by atoms with Gasteiger partial charge in [-0.2, -0.15) is 0 Å². The van der Waals surface area contributed by atoms with Gasteiger partial charge in [-0.3, -0.25) is 0 Å². The number of methoxy groups -OCH3 is 1. The van der Waals surface area contributed by atoms with Gasteiger partial charge in [-0.15, -0.1) is 0 Å². The number of hydrogen-bond donors (Lipinski definition) is 1. The van der Waals surface area contributed by atoms with E-state index in [9.17, 15) is 4.21 Å². The maximum atomic E-state index is 12.7. The summed E-state index contributed by atoms with van der Waals surface area (Å²) in [5.41, 5.74) is 1.15. The summed E-state index contributed by atoms with van der Waals surface area (Å²) in [7, 11) is 0.443. The first-order valence-corrected chi connectivity index (χ1v) is 9.83. The van der Waals surface area contributed by atoms with Crippen molar-refractivity contribution in [2.75, 3.05) is 20.5 Å². The van der Waals surface area contributed by atoms with E-state index in [0.717, 1.165) is 24.3 Å². The van der Waals surface area contributed by atoms with Crippen LogP contribution in [0.1, 0.15) is 45.6 Å². The van der Waals surface area contributed by atoms with Crippen LogP contribution in [0.2, 0.25) is 5.02 Å². The lowest BCUT2D eigenvalue weighted by molar-refractivity contribution is -0.0482. The number of benzene rings is 1. The van der Waals surface area contributed by atoms with Gasteiger partial charge in [-0.25, -0.2) is 8.93 Å². The number of nitrogens with one attached hydrogen (secondary N) is 1. The molecule has 136 valence electrons. The Bertz CT molecular complexity index is 552. The third kappa shape index (κ3) is 4.58. The highest BCUT2D eigenvalue weighted by Crippen LogP contribution is 2.47. The van der Waals surface area contributed by atoms with Crippen LogP contribution in [0.5, 0.6) is 0 Å². The van der Waals surface area contributed by atoms with E-state index < -0.39 is 11.0 Å². The zero-order valence-corrected chi connectivity index (χ0v) is 16.5. The van der Waals surface area contributed by atoms with Gasteiger partial charge >= 0.3 is 0 Å². The van der Waals surface area contributed by atoms with Crippen LogP contribution in [0.3, 0.4) is 0 Å². The van der Waals surface area contributed by atoms with Gasteiger partial charge in [-0.1, -0.05) is 30.2 Å². The minimum atomic E-state index is -1.16. The Morgan fingerprint density at radius 2 is 1.92 bits per heavy atom. The molecule has 0 radical (unpaired) electrons. The summed E-state index contributed by atoms with van der Waals surface area (Å²) in [6.07, 6.45) is 3.25. The molecule has 1 saturated carbocycles. The van der Waals surface area contributed by atoms with Gasteiger partial charge in [0.1, 0.15) is 6.79 Å². The molecule has 0 bridgehead atoms. The molecule has 1 aliphatic rings. The molecule has 0 aromatic heterocycles. The largest absolute Gasteiger partial charge is 0.359 e. The predicted molar refractivity (Wildman–Crippen MR) is 99.6 cm³/mol. The van der Waals surface area contributed by atoms with Gasteiger partial charge in [-0.05, 0) is 51.3 Å². The first-order valence-electron chi connectivity index (χ1n) is 8.30. The standard InChI is InChI=1S/C18H28ClNO3S/c1-17(2,3)24(21)20-16(12-23-13-22-4)18(10-5-11-18)14-6-8-15(19)9-7-14/h6-9,16,20H,5,10-13H2,1-4H3/t16-,24-/m1/s1. The average molecular weight is 374 g/mol. The van der Waals surface area contributed by atoms with Gasteiger partial charge in [0.2, 0.25) is 0 Å². The van der Waals surface area contributed by atoms with Crippen molar-refractivity contribution in [1.82, 2.24) is 4.72 Å². The van der Waals surface area contributed by atoms with Gasteiger partial charge in [0.15, 0.2) is 0 Å². The maximum absolute atomic E-state index is 12.7. The van der Waals surface area contributed by atoms with Crippen molar-refractivity contribution in [2.24, 2.45) is 0 Å². The molecule has 2 rings (SSSR count). The van der Waals surface area contributed by atoms with Gasteiger partial charge in [0.05, 0.1) is 28.4 Å². The molecule has 1 N–H and O–H groups in total. The predicted octanol–water partition coefficient (Wildman–Crippen LogP) is 3.80. The molecule has 1 fully saturated rings. The second-order valence-electron chi connectivity index (χ2n) is 7.35. The van der Waals surface area contributed by atoms with Crippen LogP contribution >= 0.6 is 11.6 Å². The van der Waals surface area contributed by atoms with Crippen LogP contribution < -0.4 is 4.72 Å². The summed E-state index contributed by atoms with van der Waals surface area (Å²) in [5.74, 6) is 0. The van der Waals surface area contributed by atoms with Gasteiger partial charge < -0.3 is 9.47 Å². The zero-order chi connectivity index (χ0) is 17.8. The summed E-state index contributed by atoms with van der Waals surface area (Å²) < 4.78 is 26.3. The fourth-order valence-electron chi connectivity index (χ4n) is 3.04. The lowest BCUT2D eigenvalue weighted by Gasteiger charge is -2.48. The fourth-order valence-corrected chi connectivity index (χ4v) is 4.07. The third-order valence-electron chi connectivity index (χ3n) is 4.62. The summed E-state index contributed by atoms with van der Waals surface area (Å²) in [4.78, 5) is 0. The molecule has 2 atom stereocenters. The normalized spacial score (nSPS) is 19.5. The number of rotatable bonds is 8. The smallest absolute Gasteiger partial charge is 0.146 e. The minimum absolute atomic E-state index is 0.0392. The molecular weight excluding hydrogens is 346 g/mol. The number of hydrogen-bond acceptors (Lipinski definition) is 3. The van der Waals surface area contributed by atoms with Crippen molar-refractivity contribution >= 4 is 22.6 Å². The second kappa shape index (κ2) is 8.28. The molecular formula is C18H28ClNO3S. The van der Waals surface area contributed by atoms with E-state index in [1.807, 2.05) is 32.9 Å². The minimum Gasteiger partial charge on any atom is -0.359 e. The van der Waals surface area contributed by atoms with Crippen LogP contribution in [0.25, 0.3) is 0 Å². The van der Waals surface area contributed by atoms with Crippen molar-refractivity contribution in [1.29, 1.82) is 0 Å².